The zero-order chi connectivity index (χ0) is 18.7. The van der Waals surface area contributed by atoms with Gasteiger partial charge in [-0.3, -0.25) is 4.79 Å². The van der Waals surface area contributed by atoms with Gasteiger partial charge in [-0.1, -0.05) is 12.1 Å². The van der Waals surface area contributed by atoms with Gasteiger partial charge in [-0.05, 0) is 62.6 Å². The molecule has 3 rings (SSSR count). The molecule has 1 aromatic heterocycles. The molecule has 0 spiro atoms. The Kier molecular flexibility index (Phi) is 5.77. The summed E-state index contributed by atoms with van der Waals surface area (Å²) in [6.45, 7) is 6.17. The van der Waals surface area contributed by atoms with E-state index in [4.69, 9.17) is 4.74 Å². The van der Waals surface area contributed by atoms with Crippen LogP contribution in [-0.4, -0.2) is 47.7 Å². The summed E-state index contributed by atoms with van der Waals surface area (Å²) in [4.78, 5) is 19.4. The summed E-state index contributed by atoms with van der Waals surface area (Å²) >= 11 is 0. The average molecular weight is 356 g/mol. The van der Waals surface area contributed by atoms with Crippen LogP contribution < -0.4 is 0 Å². The first kappa shape index (κ1) is 18.6. The zero-order valence-electron chi connectivity index (χ0n) is 15.9. The van der Waals surface area contributed by atoms with Gasteiger partial charge in [0, 0.05) is 32.2 Å². The summed E-state index contributed by atoms with van der Waals surface area (Å²) in [5.41, 5.74) is 2.76. The first-order valence-electron chi connectivity index (χ1n) is 9.39. The highest BCUT2D eigenvalue weighted by atomic mass is 16.5. The first-order valence-corrected chi connectivity index (χ1v) is 9.39. The number of piperidine rings is 1. The summed E-state index contributed by atoms with van der Waals surface area (Å²) in [5.74, 6) is 0.652. The third-order valence-corrected chi connectivity index (χ3v) is 5.34. The van der Waals surface area contributed by atoms with Crippen LogP contribution in [0.4, 0.5) is 0 Å². The van der Waals surface area contributed by atoms with E-state index in [-0.39, 0.29) is 11.7 Å². The number of phenols is 1. The zero-order valence-corrected chi connectivity index (χ0v) is 15.9. The summed E-state index contributed by atoms with van der Waals surface area (Å²) in [6, 6.07) is 5.61. The predicted octanol–water partition coefficient (Wildman–Crippen LogP) is 3.84. The van der Waals surface area contributed by atoms with Crippen molar-refractivity contribution in [3.05, 3.63) is 35.0 Å². The van der Waals surface area contributed by atoms with E-state index in [1.54, 1.807) is 13.2 Å². The number of phenolic OH excluding ortho intramolecular Hbond substituents is 1. The van der Waals surface area contributed by atoms with E-state index < -0.39 is 0 Å². The quantitative estimate of drug-likeness (QED) is 0.827. The van der Waals surface area contributed by atoms with Crippen LogP contribution in [0.25, 0.3) is 10.9 Å². The van der Waals surface area contributed by atoms with Crippen LogP contribution in [0.1, 0.15) is 47.3 Å². The van der Waals surface area contributed by atoms with E-state index >= 15 is 0 Å². The molecule has 1 amide bonds. The minimum absolute atomic E-state index is 0.0399. The van der Waals surface area contributed by atoms with Gasteiger partial charge < -0.3 is 14.7 Å². The number of aromatic nitrogens is 1. The number of benzene rings is 1. The second kappa shape index (κ2) is 8.04. The van der Waals surface area contributed by atoms with Crippen LogP contribution in [0.2, 0.25) is 0 Å². The second-order valence-corrected chi connectivity index (χ2v) is 7.35. The van der Waals surface area contributed by atoms with Crippen molar-refractivity contribution in [2.24, 2.45) is 5.92 Å². The summed E-state index contributed by atoms with van der Waals surface area (Å²) in [6.07, 6.45) is 4.31. The standard InChI is InChI=1S/C21H28N2O3/c1-14-12-15(2)20(24)19-17(14)8-9-18(22-19)21(25)23-10-4-6-16(13-23)7-5-11-26-3/h8-9,12,16,24H,4-7,10-11,13H2,1-3H3. The molecule has 1 fully saturated rings. The fourth-order valence-electron chi connectivity index (χ4n) is 3.90. The van der Waals surface area contributed by atoms with Crippen LogP contribution in [0.5, 0.6) is 5.75 Å². The maximum absolute atomic E-state index is 13.0. The highest BCUT2D eigenvalue weighted by Gasteiger charge is 2.25. The highest BCUT2D eigenvalue weighted by Crippen LogP contribution is 2.30. The van der Waals surface area contributed by atoms with Gasteiger partial charge >= 0.3 is 0 Å². The molecule has 0 aliphatic carbocycles. The number of nitrogens with zero attached hydrogens (tertiary/aromatic N) is 2. The molecule has 1 N–H and O–H groups in total. The lowest BCUT2D eigenvalue weighted by Crippen LogP contribution is -2.40. The summed E-state index contributed by atoms with van der Waals surface area (Å²) in [7, 11) is 1.72. The minimum atomic E-state index is -0.0399. The topological polar surface area (TPSA) is 62.7 Å². The molecule has 1 saturated heterocycles. The fourth-order valence-corrected chi connectivity index (χ4v) is 3.90. The number of likely N-dealkylation sites (tertiary alicyclic amines) is 1. The maximum atomic E-state index is 13.0. The smallest absolute Gasteiger partial charge is 0.272 e. The van der Waals surface area contributed by atoms with Gasteiger partial charge in [0.05, 0.1) is 0 Å². The Hall–Kier alpha value is -2.14. The second-order valence-electron chi connectivity index (χ2n) is 7.35. The van der Waals surface area contributed by atoms with E-state index in [1.807, 2.05) is 30.9 Å². The number of hydrogen-bond acceptors (Lipinski definition) is 4. The number of carbonyl (C=O) groups is 1. The van der Waals surface area contributed by atoms with Crippen LogP contribution in [0.15, 0.2) is 18.2 Å². The molecule has 1 aromatic carbocycles. The Balaban J connectivity index is 1.80. The number of ether oxygens (including phenoxy) is 1. The van der Waals surface area contributed by atoms with Crippen molar-refractivity contribution in [1.82, 2.24) is 9.88 Å². The number of aryl methyl sites for hydroxylation is 2. The molecule has 5 nitrogen and oxygen atoms in total. The van der Waals surface area contributed by atoms with Crippen molar-refractivity contribution in [2.45, 2.75) is 39.5 Å². The van der Waals surface area contributed by atoms with Crippen molar-refractivity contribution < 1.29 is 14.6 Å². The number of pyridine rings is 1. The minimum Gasteiger partial charge on any atom is -0.505 e. The van der Waals surface area contributed by atoms with Gasteiger partial charge in [-0.15, -0.1) is 0 Å². The first-order chi connectivity index (χ1) is 12.5. The van der Waals surface area contributed by atoms with Gasteiger partial charge in [0.25, 0.3) is 5.91 Å². The number of methoxy groups -OCH3 is 1. The Morgan fingerprint density at radius 1 is 1.35 bits per heavy atom. The molecule has 1 unspecified atom stereocenters. The summed E-state index contributed by atoms with van der Waals surface area (Å²) in [5, 5.41) is 11.3. The van der Waals surface area contributed by atoms with E-state index in [0.717, 1.165) is 61.9 Å². The number of hydrogen-bond donors (Lipinski definition) is 1. The largest absolute Gasteiger partial charge is 0.505 e. The number of amides is 1. The maximum Gasteiger partial charge on any atom is 0.272 e. The molecule has 0 radical (unpaired) electrons. The normalized spacial score (nSPS) is 17.7. The van der Waals surface area contributed by atoms with E-state index in [0.29, 0.717) is 17.1 Å². The SMILES string of the molecule is COCCCC1CCCN(C(=O)c2ccc3c(C)cc(C)c(O)c3n2)C1. The average Bonchev–Trinajstić information content (AvgIpc) is 2.65. The molecule has 1 aliphatic rings. The van der Waals surface area contributed by atoms with E-state index in [2.05, 4.69) is 4.98 Å². The lowest BCUT2D eigenvalue weighted by Gasteiger charge is -2.32. The molecule has 2 heterocycles. The molecule has 0 bridgehead atoms. The molecule has 26 heavy (non-hydrogen) atoms. The Labute approximate surface area is 155 Å². The third kappa shape index (κ3) is 3.83. The van der Waals surface area contributed by atoms with Crippen LogP contribution in [0.3, 0.4) is 0 Å². The number of carbonyl (C=O) groups excluding carboxylic acids is 1. The van der Waals surface area contributed by atoms with Crippen molar-refractivity contribution in [3.8, 4) is 5.75 Å². The van der Waals surface area contributed by atoms with E-state index in [1.165, 1.54) is 0 Å². The third-order valence-electron chi connectivity index (χ3n) is 5.34. The predicted molar refractivity (Wildman–Crippen MR) is 103 cm³/mol. The number of fused-ring (bicyclic) bond motifs is 1. The van der Waals surface area contributed by atoms with Crippen molar-refractivity contribution in [2.75, 3.05) is 26.8 Å². The molecular weight excluding hydrogens is 328 g/mol. The van der Waals surface area contributed by atoms with Crippen LogP contribution >= 0.6 is 0 Å². The molecule has 2 aromatic rings. The monoisotopic (exact) mass is 356 g/mol. The molecule has 0 saturated carbocycles. The van der Waals surface area contributed by atoms with Gasteiger partial charge in [0.15, 0.2) is 0 Å². The molecular formula is C21H28N2O3. The van der Waals surface area contributed by atoms with Crippen molar-refractivity contribution in [1.29, 1.82) is 0 Å². The van der Waals surface area contributed by atoms with E-state index in [9.17, 15) is 9.90 Å². The number of rotatable bonds is 5. The van der Waals surface area contributed by atoms with Crippen LogP contribution in [-0.2, 0) is 4.74 Å². The number of aromatic hydroxyl groups is 1. The van der Waals surface area contributed by atoms with Crippen LogP contribution in [0, 0.1) is 19.8 Å². The molecule has 1 aliphatic heterocycles. The lowest BCUT2D eigenvalue weighted by molar-refractivity contribution is 0.0655. The van der Waals surface area contributed by atoms with Crippen molar-refractivity contribution >= 4 is 16.8 Å². The highest BCUT2D eigenvalue weighted by molar-refractivity contribution is 5.97. The van der Waals surface area contributed by atoms with Gasteiger partial charge in [0.2, 0.25) is 0 Å². The van der Waals surface area contributed by atoms with Gasteiger partial charge in [-0.25, -0.2) is 4.98 Å². The van der Waals surface area contributed by atoms with Gasteiger partial charge in [-0.2, -0.15) is 0 Å². The molecule has 1 atom stereocenters. The van der Waals surface area contributed by atoms with Gasteiger partial charge in [0.1, 0.15) is 17.0 Å². The Bertz CT molecular complexity index is 803. The molecule has 5 heteroatoms. The summed E-state index contributed by atoms with van der Waals surface area (Å²) < 4.78 is 5.13. The molecule has 140 valence electrons. The van der Waals surface area contributed by atoms with Crippen molar-refractivity contribution in [3.63, 3.8) is 0 Å². The lowest BCUT2D eigenvalue weighted by atomic mass is 9.93. The fraction of sp³-hybridized carbons (Fsp3) is 0.524. The Morgan fingerprint density at radius 2 is 2.15 bits per heavy atom. The Morgan fingerprint density at radius 3 is 2.92 bits per heavy atom.